The molecule has 1 heterocycles. The van der Waals surface area contributed by atoms with E-state index in [9.17, 15) is 18.0 Å². The van der Waals surface area contributed by atoms with Crippen LogP contribution >= 0.6 is 11.8 Å². The van der Waals surface area contributed by atoms with Crippen LogP contribution in [0.5, 0.6) is 0 Å². The lowest BCUT2D eigenvalue weighted by atomic mass is 10.1. The molecular weight excluding hydrogens is 403 g/mol. The van der Waals surface area contributed by atoms with Crippen molar-refractivity contribution in [3.63, 3.8) is 0 Å². The molecule has 0 radical (unpaired) electrons. The maximum Gasteiger partial charge on any atom is 0.416 e. The Morgan fingerprint density at radius 2 is 1.72 bits per heavy atom. The normalized spacial score (nSPS) is 16.7. The number of carbonyl (C=O) groups excluding carboxylic acids is 1. The number of rotatable bonds is 6. The summed E-state index contributed by atoms with van der Waals surface area (Å²) in [5.74, 6) is -0.387. The second kappa shape index (κ2) is 8.92. The van der Waals surface area contributed by atoms with Crippen molar-refractivity contribution in [3.05, 3.63) is 81.9 Å². The lowest BCUT2D eigenvalue weighted by Gasteiger charge is -2.20. The Hall–Kier alpha value is -2.45. The quantitative estimate of drug-likeness (QED) is 0.595. The zero-order chi connectivity index (χ0) is 21.0. The molecule has 0 amide bonds. The predicted molar refractivity (Wildman–Crippen MR) is 105 cm³/mol. The molecule has 0 spiro atoms. The molecule has 0 fully saturated rings. The fourth-order valence-electron chi connectivity index (χ4n) is 2.89. The second-order valence-electron chi connectivity index (χ2n) is 6.53. The molecule has 154 valence electrons. The maximum absolute atomic E-state index is 12.7. The van der Waals surface area contributed by atoms with Gasteiger partial charge < -0.3 is 14.4 Å². The molecule has 2 aromatic carbocycles. The molecule has 29 heavy (non-hydrogen) atoms. The monoisotopic (exact) mass is 423 g/mol. The van der Waals surface area contributed by atoms with Gasteiger partial charge in [0.05, 0.1) is 31.5 Å². The number of benzene rings is 2. The number of halogens is 3. The van der Waals surface area contributed by atoms with Crippen LogP contribution in [-0.2, 0) is 22.3 Å². The Morgan fingerprint density at radius 1 is 1.07 bits per heavy atom. The second-order valence-corrected chi connectivity index (χ2v) is 7.74. The fourth-order valence-corrected chi connectivity index (χ4v) is 4.07. The van der Waals surface area contributed by atoms with E-state index in [1.807, 2.05) is 18.1 Å². The summed E-state index contributed by atoms with van der Waals surface area (Å²) in [6.45, 7) is 0.777. The highest BCUT2D eigenvalue weighted by atomic mass is 32.2. The molecule has 0 aliphatic carbocycles. The minimum Gasteiger partial charge on any atom is -0.465 e. The van der Waals surface area contributed by atoms with E-state index in [0.717, 1.165) is 28.2 Å². The number of hydrogen-bond acceptors (Lipinski definition) is 5. The van der Waals surface area contributed by atoms with Gasteiger partial charge in [-0.3, -0.25) is 0 Å². The Bertz CT molecular complexity index is 880. The van der Waals surface area contributed by atoms with Crippen molar-refractivity contribution in [1.82, 2.24) is 4.90 Å². The van der Waals surface area contributed by atoms with E-state index in [1.54, 1.807) is 36.0 Å². The van der Waals surface area contributed by atoms with Crippen LogP contribution in [0.25, 0.3) is 0 Å². The van der Waals surface area contributed by atoms with E-state index in [-0.39, 0.29) is 11.3 Å². The van der Waals surface area contributed by atoms with Crippen molar-refractivity contribution in [1.29, 1.82) is 0 Å². The largest absolute Gasteiger partial charge is 0.465 e. The number of carbonyl (C=O) groups is 1. The molecule has 0 bridgehead atoms. The van der Waals surface area contributed by atoms with Gasteiger partial charge in [-0.15, -0.1) is 0 Å². The summed E-state index contributed by atoms with van der Waals surface area (Å²) in [4.78, 5) is 14.4. The van der Waals surface area contributed by atoms with Crippen LogP contribution in [0.3, 0.4) is 0 Å². The smallest absolute Gasteiger partial charge is 0.416 e. The third kappa shape index (κ3) is 5.33. The Labute approximate surface area is 171 Å². The average molecular weight is 423 g/mol. The van der Waals surface area contributed by atoms with Crippen molar-refractivity contribution in [3.8, 4) is 0 Å². The fraction of sp³-hybridized carbons (Fsp3) is 0.286. The van der Waals surface area contributed by atoms with Gasteiger partial charge in [0.2, 0.25) is 0 Å². The molecule has 1 aliphatic heterocycles. The third-order valence-corrected chi connectivity index (χ3v) is 5.75. The first-order valence-corrected chi connectivity index (χ1v) is 9.67. The van der Waals surface area contributed by atoms with Gasteiger partial charge in [0, 0.05) is 18.2 Å². The van der Waals surface area contributed by atoms with Crippen molar-refractivity contribution < 1.29 is 27.4 Å². The summed E-state index contributed by atoms with van der Waals surface area (Å²) in [5.41, 5.74) is 1.55. The van der Waals surface area contributed by atoms with Crippen LogP contribution in [0.4, 0.5) is 13.2 Å². The summed E-state index contributed by atoms with van der Waals surface area (Å²) in [6, 6.07) is 12.2. The summed E-state index contributed by atoms with van der Waals surface area (Å²) >= 11 is 1.55. The molecule has 8 heteroatoms. The third-order valence-electron chi connectivity index (χ3n) is 4.39. The van der Waals surface area contributed by atoms with Gasteiger partial charge in [0.15, 0.2) is 0 Å². The topological polar surface area (TPSA) is 38.8 Å². The van der Waals surface area contributed by atoms with Crippen molar-refractivity contribution >= 4 is 17.7 Å². The predicted octanol–water partition coefficient (Wildman–Crippen LogP) is 5.23. The molecule has 0 aromatic heterocycles. The minimum atomic E-state index is -4.33. The van der Waals surface area contributed by atoms with Gasteiger partial charge in [-0.25, -0.2) is 4.79 Å². The highest BCUT2D eigenvalue weighted by Gasteiger charge is 2.31. The first-order valence-electron chi connectivity index (χ1n) is 8.79. The van der Waals surface area contributed by atoms with E-state index in [2.05, 4.69) is 4.74 Å². The molecule has 4 nitrogen and oxygen atoms in total. The summed E-state index contributed by atoms with van der Waals surface area (Å²) in [7, 11) is 3.22. The van der Waals surface area contributed by atoms with Crippen LogP contribution in [0.2, 0.25) is 0 Å². The molecule has 3 rings (SSSR count). The van der Waals surface area contributed by atoms with Gasteiger partial charge in [-0.05, 0) is 35.4 Å². The van der Waals surface area contributed by atoms with E-state index >= 15 is 0 Å². The van der Waals surface area contributed by atoms with Crippen molar-refractivity contribution in [2.75, 3.05) is 20.8 Å². The minimum absolute atomic E-state index is 0.0878. The number of thioether (sulfide) groups is 1. The highest BCUT2D eigenvalue weighted by Crippen LogP contribution is 2.43. The van der Waals surface area contributed by atoms with Gasteiger partial charge in [-0.2, -0.15) is 13.2 Å². The van der Waals surface area contributed by atoms with Crippen LogP contribution in [0.1, 0.15) is 32.4 Å². The van der Waals surface area contributed by atoms with E-state index < -0.39 is 11.7 Å². The molecule has 1 atom stereocenters. The lowest BCUT2D eigenvalue weighted by molar-refractivity contribution is -0.137. The summed E-state index contributed by atoms with van der Waals surface area (Å²) in [5, 5.41) is -0.0878. The van der Waals surface area contributed by atoms with Gasteiger partial charge in [0.1, 0.15) is 5.37 Å². The van der Waals surface area contributed by atoms with Crippen molar-refractivity contribution in [2.45, 2.75) is 18.2 Å². The molecule has 1 unspecified atom stereocenters. The Kier molecular flexibility index (Phi) is 6.54. The zero-order valence-electron chi connectivity index (χ0n) is 15.9. The van der Waals surface area contributed by atoms with Crippen LogP contribution in [0.15, 0.2) is 59.6 Å². The number of methoxy groups -OCH3 is 1. The zero-order valence-corrected chi connectivity index (χ0v) is 16.7. The average Bonchev–Trinajstić information content (AvgIpc) is 3.08. The first kappa shape index (κ1) is 21.3. The summed E-state index contributed by atoms with van der Waals surface area (Å²) in [6.07, 6.45) is -2.40. The maximum atomic E-state index is 12.7. The van der Waals surface area contributed by atoms with Crippen LogP contribution in [0, 0.1) is 0 Å². The van der Waals surface area contributed by atoms with Gasteiger partial charge >= 0.3 is 12.1 Å². The first-order chi connectivity index (χ1) is 13.8. The number of nitrogens with zero attached hydrogens (tertiary/aromatic N) is 1. The Balaban J connectivity index is 1.52. The van der Waals surface area contributed by atoms with Crippen LogP contribution in [-0.4, -0.2) is 31.6 Å². The molecule has 1 aliphatic rings. The standard InChI is InChI=1S/C21H20F3NO3S/c1-25-11-18(13-28-12-14-3-5-16(6-4-14)20(26)27-2)29-19(25)15-7-9-17(10-8-15)21(22,23)24/h3-11,19H,12-13H2,1-2H3. The Morgan fingerprint density at radius 3 is 2.31 bits per heavy atom. The molecule has 2 aromatic rings. The van der Waals surface area contributed by atoms with E-state index in [1.165, 1.54) is 19.2 Å². The molecule has 0 saturated heterocycles. The SMILES string of the molecule is COC(=O)c1ccc(COCC2=CN(C)C(c3ccc(C(F)(F)F)cc3)S2)cc1. The van der Waals surface area contributed by atoms with E-state index in [0.29, 0.717) is 18.8 Å². The molecule has 0 saturated carbocycles. The number of alkyl halides is 3. The highest BCUT2D eigenvalue weighted by molar-refractivity contribution is 8.03. The lowest BCUT2D eigenvalue weighted by Crippen LogP contribution is -2.12. The molecule has 0 N–H and O–H groups in total. The summed E-state index contributed by atoms with van der Waals surface area (Å²) < 4.78 is 48.6. The van der Waals surface area contributed by atoms with Crippen molar-refractivity contribution in [2.24, 2.45) is 0 Å². The van der Waals surface area contributed by atoms with Gasteiger partial charge in [-0.1, -0.05) is 36.0 Å². The number of ether oxygens (including phenoxy) is 2. The number of hydrogen-bond donors (Lipinski definition) is 0. The van der Waals surface area contributed by atoms with Gasteiger partial charge in [0.25, 0.3) is 0 Å². The van der Waals surface area contributed by atoms with E-state index in [4.69, 9.17) is 4.74 Å². The van der Waals surface area contributed by atoms with Crippen LogP contribution < -0.4 is 0 Å². The number of esters is 1. The molecular formula is C21H20F3NO3S.